The van der Waals surface area contributed by atoms with Crippen molar-refractivity contribution in [2.45, 2.75) is 13.0 Å². The third-order valence-electron chi connectivity index (χ3n) is 6.40. The standard InChI is InChI=1S/C29H26N2O7S/c1-5-38-18-9-6-16(7-10-18)26(32)24-25(17-8-13-21(36-3)22(14-17)37-4)31(28(34)27(24)33)29-30-20-12-11-19(35-2)15-23(20)39-29/h6-15,25,32H,5H2,1-4H3/t25-/m0/s1. The van der Waals surface area contributed by atoms with E-state index in [1.165, 1.54) is 30.5 Å². The molecular weight excluding hydrogens is 520 g/mol. The van der Waals surface area contributed by atoms with Gasteiger partial charge < -0.3 is 24.1 Å². The van der Waals surface area contributed by atoms with Gasteiger partial charge in [0.1, 0.15) is 17.3 Å². The highest BCUT2D eigenvalue weighted by molar-refractivity contribution is 7.22. The number of carbonyl (C=O) groups is 2. The van der Waals surface area contributed by atoms with Gasteiger partial charge in [0.2, 0.25) is 0 Å². The molecule has 1 aliphatic heterocycles. The number of thiazole rings is 1. The Morgan fingerprint density at radius 3 is 2.31 bits per heavy atom. The van der Waals surface area contributed by atoms with Crippen LogP contribution in [0.2, 0.25) is 0 Å². The fourth-order valence-electron chi connectivity index (χ4n) is 4.52. The minimum absolute atomic E-state index is 0.0618. The van der Waals surface area contributed by atoms with E-state index in [0.717, 1.165) is 4.70 Å². The van der Waals surface area contributed by atoms with E-state index >= 15 is 0 Å². The van der Waals surface area contributed by atoms with Crippen LogP contribution >= 0.6 is 11.3 Å². The molecule has 0 bridgehead atoms. The molecule has 1 saturated heterocycles. The Bertz CT molecular complexity index is 1590. The normalized spacial score (nSPS) is 16.5. The second-order valence-corrected chi connectivity index (χ2v) is 9.58. The van der Waals surface area contributed by atoms with Gasteiger partial charge in [-0.05, 0) is 67.1 Å². The van der Waals surface area contributed by atoms with Crippen molar-refractivity contribution in [2.24, 2.45) is 0 Å². The van der Waals surface area contributed by atoms with E-state index in [1.54, 1.807) is 61.7 Å². The number of Topliss-reactive ketones (excluding diaryl/α,β-unsaturated/α-hetero) is 1. The lowest BCUT2D eigenvalue weighted by Gasteiger charge is -2.23. The average molecular weight is 547 g/mol. The number of aliphatic hydroxyl groups excluding tert-OH is 1. The second-order valence-electron chi connectivity index (χ2n) is 8.57. The van der Waals surface area contributed by atoms with Crippen molar-refractivity contribution in [3.63, 3.8) is 0 Å². The van der Waals surface area contributed by atoms with Crippen molar-refractivity contribution in [3.05, 3.63) is 77.4 Å². The highest BCUT2D eigenvalue weighted by Gasteiger charge is 2.48. The molecule has 1 aliphatic rings. The second kappa shape index (κ2) is 10.7. The lowest BCUT2D eigenvalue weighted by atomic mass is 9.95. The quantitative estimate of drug-likeness (QED) is 0.179. The number of amides is 1. The number of aliphatic hydroxyl groups is 1. The summed E-state index contributed by atoms with van der Waals surface area (Å²) in [5.41, 5.74) is 1.50. The molecule has 9 nitrogen and oxygen atoms in total. The monoisotopic (exact) mass is 546 g/mol. The molecule has 1 N–H and O–H groups in total. The number of hydrogen-bond acceptors (Lipinski definition) is 9. The minimum atomic E-state index is -0.973. The number of nitrogens with zero attached hydrogens (tertiary/aromatic N) is 2. The van der Waals surface area contributed by atoms with Gasteiger partial charge >= 0.3 is 5.91 Å². The lowest BCUT2D eigenvalue weighted by molar-refractivity contribution is -0.132. The Kier molecular flexibility index (Phi) is 7.12. The van der Waals surface area contributed by atoms with Gasteiger partial charge in [0.15, 0.2) is 16.6 Å². The summed E-state index contributed by atoms with van der Waals surface area (Å²) < 4.78 is 22.5. The van der Waals surface area contributed by atoms with Crippen LogP contribution in [0.15, 0.2) is 66.2 Å². The predicted molar refractivity (Wildman–Crippen MR) is 148 cm³/mol. The zero-order valence-corrected chi connectivity index (χ0v) is 22.6. The molecule has 1 amide bonds. The van der Waals surface area contributed by atoms with Crippen molar-refractivity contribution in [2.75, 3.05) is 32.8 Å². The van der Waals surface area contributed by atoms with Gasteiger partial charge in [0.25, 0.3) is 5.78 Å². The first-order valence-electron chi connectivity index (χ1n) is 12.1. The number of aromatic nitrogens is 1. The van der Waals surface area contributed by atoms with Gasteiger partial charge in [-0.1, -0.05) is 17.4 Å². The molecule has 39 heavy (non-hydrogen) atoms. The predicted octanol–water partition coefficient (Wildman–Crippen LogP) is 5.35. The van der Waals surface area contributed by atoms with Crippen LogP contribution in [0.1, 0.15) is 24.1 Å². The van der Waals surface area contributed by atoms with Crippen molar-refractivity contribution < 1.29 is 33.6 Å². The molecule has 1 fully saturated rings. The summed E-state index contributed by atoms with van der Waals surface area (Å²) in [5, 5.41) is 11.7. The number of benzene rings is 3. The number of anilines is 1. The van der Waals surface area contributed by atoms with E-state index in [9.17, 15) is 14.7 Å². The number of ketones is 1. The van der Waals surface area contributed by atoms with Gasteiger partial charge in [0, 0.05) is 5.56 Å². The Labute approximate surface area is 228 Å². The molecule has 0 aliphatic carbocycles. The summed E-state index contributed by atoms with van der Waals surface area (Å²) in [5.74, 6) is 0.239. The summed E-state index contributed by atoms with van der Waals surface area (Å²) in [6.07, 6.45) is 0. The van der Waals surface area contributed by atoms with Crippen LogP contribution in [-0.4, -0.2) is 49.7 Å². The maximum Gasteiger partial charge on any atom is 0.301 e. The van der Waals surface area contributed by atoms with Crippen LogP contribution in [0.3, 0.4) is 0 Å². The smallest absolute Gasteiger partial charge is 0.301 e. The molecule has 0 unspecified atom stereocenters. The van der Waals surface area contributed by atoms with Crippen molar-refractivity contribution in [1.82, 2.24) is 4.98 Å². The van der Waals surface area contributed by atoms with Gasteiger partial charge in [-0.2, -0.15) is 0 Å². The molecule has 2 heterocycles. The summed E-state index contributed by atoms with van der Waals surface area (Å²) in [4.78, 5) is 33.0. The summed E-state index contributed by atoms with van der Waals surface area (Å²) in [6.45, 7) is 2.36. The first-order chi connectivity index (χ1) is 18.9. The summed E-state index contributed by atoms with van der Waals surface area (Å²) in [7, 11) is 4.59. The summed E-state index contributed by atoms with van der Waals surface area (Å²) in [6, 6.07) is 16.2. The number of hydrogen-bond donors (Lipinski definition) is 1. The van der Waals surface area contributed by atoms with Crippen LogP contribution in [0.25, 0.3) is 16.0 Å². The lowest BCUT2D eigenvalue weighted by Crippen LogP contribution is -2.29. The first-order valence-corrected chi connectivity index (χ1v) is 12.9. The van der Waals surface area contributed by atoms with E-state index in [4.69, 9.17) is 18.9 Å². The molecule has 4 aromatic rings. The molecular formula is C29H26N2O7S. The molecule has 5 rings (SSSR count). The number of methoxy groups -OCH3 is 3. The van der Waals surface area contributed by atoms with Crippen LogP contribution in [0, 0.1) is 0 Å². The number of rotatable bonds is 8. The number of ether oxygens (including phenoxy) is 4. The molecule has 200 valence electrons. The SMILES string of the molecule is CCOc1ccc(C(O)=C2C(=O)C(=O)N(c3nc4ccc(OC)cc4s3)[C@H]2c2ccc(OC)c(OC)c2)cc1. The zero-order chi connectivity index (χ0) is 27.7. The highest BCUT2D eigenvalue weighted by atomic mass is 32.1. The molecule has 0 radical (unpaired) electrons. The van der Waals surface area contributed by atoms with Crippen LogP contribution in [-0.2, 0) is 9.59 Å². The Morgan fingerprint density at radius 2 is 1.64 bits per heavy atom. The zero-order valence-electron chi connectivity index (χ0n) is 21.8. The fourth-order valence-corrected chi connectivity index (χ4v) is 5.54. The van der Waals surface area contributed by atoms with E-state index in [2.05, 4.69) is 4.98 Å². The fraction of sp³-hybridized carbons (Fsp3) is 0.207. The van der Waals surface area contributed by atoms with Crippen molar-refractivity contribution in [1.29, 1.82) is 0 Å². The van der Waals surface area contributed by atoms with Crippen molar-refractivity contribution in [3.8, 4) is 23.0 Å². The van der Waals surface area contributed by atoms with E-state index in [-0.39, 0.29) is 11.3 Å². The Balaban J connectivity index is 1.70. The third-order valence-corrected chi connectivity index (χ3v) is 7.41. The number of carbonyl (C=O) groups excluding carboxylic acids is 2. The Morgan fingerprint density at radius 1 is 0.923 bits per heavy atom. The maximum atomic E-state index is 13.5. The van der Waals surface area contributed by atoms with Crippen LogP contribution < -0.4 is 23.8 Å². The van der Waals surface area contributed by atoms with E-state index in [1.807, 2.05) is 13.0 Å². The van der Waals surface area contributed by atoms with Crippen LogP contribution in [0.4, 0.5) is 5.13 Å². The molecule has 0 saturated carbocycles. The topological polar surface area (TPSA) is 107 Å². The van der Waals surface area contributed by atoms with E-state index in [0.29, 0.717) is 51.4 Å². The molecule has 1 aromatic heterocycles. The largest absolute Gasteiger partial charge is 0.507 e. The minimum Gasteiger partial charge on any atom is -0.507 e. The third kappa shape index (κ3) is 4.63. The van der Waals surface area contributed by atoms with Crippen molar-refractivity contribution >= 4 is 44.1 Å². The average Bonchev–Trinajstić information content (AvgIpc) is 3.50. The number of fused-ring (bicyclic) bond motifs is 1. The van der Waals surface area contributed by atoms with Gasteiger partial charge in [-0.3, -0.25) is 14.5 Å². The molecule has 0 spiro atoms. The Hall–Kier alpha value is -4.57. The van der Waals surface area contributed by atoms with Gasteiger partial charge in [0.05, 0.1) is 49.8 Å². The van der Waals surface area contributed by atoms with Gasteiger partial charge in [-0.25, -0.2) is 4.98 Å². The molecule has 1 atom stereocenters. The van der Waals surface area contributed by atoms with E-state index < -0.39 is 17.7 Å². The van der Waals surface area contributed by atoms with Gasteiger partial charge in [-0.15, -0.1) is 0 Å². The first kappa shape index (κ1) is 26.1. The summed E-state index contributed by atoms with van der Waals surface area (Å²) >= 11 is 1.25. The van der Waals surface area contributed by atoms with Crippen LogP contribution in [0.5, 0.6) is 23.0 Å². The highest BCUT2D eigenvalue weighted by Crippen LogP contribution is 2.46. The maximum absolute atomic E-state index is 13.5. The molecule has 10 heteroatoms. The molecule has 3 aromatic carbocycles.